The first-order valence-electron chi connectivity index (χ1n) is 6.98. The SMILES string of the molecule is C=CCN(CC(=O)Nc1cccc(C#N)c1)Cc1ccc(Br)s1. The lowest BCUT2D eigenvalue weighted by Gasteiger charge is -2.19. The molecule has 0 spiro atoms. The third kappa shape index (κ3) is 5.64. The second-order valence-corrected chi connectivity index (χ2v) is 7.45. The van der Waals surface area contributed by atoms with Crippen molar-refractivity contribution >= 4 is 38.9 Å². The van der Waals surface area contributed by atoms with Gasteiger partial charge in [-0.3, -0.25) is 9.69 Å². The van der Waals surface area contributed by atoms with Gasteiger partial charge in [-0.25, -0.2) is 0 Å². The quantitative estimate of drug-likeness (QED) is 0.727. The molecule has 0 saturated carbocycles. The van der Waals surface area contributed by atoms with E-state index in [0.717, 1.165) is 3.79 Å². The minimum atomic E-state index is -0.113. The summed E-state index contributed by atoms with van der Waals surface area (Å²) in [4.78, 5) is 15.4. The molecular weight excluding hydrogens is 374 g/mol. The number of rotatable bonds is 7. The molecule has 0 radical (unpaired) electrons. The van der Waals surface area contributed by atoms with Crippen LogP contribution in [0.25, 0.3) is 0 Å². The Morgan fingerprint density at radius 3 is 2.91 bits per heavy atom. The number of benzene rings is 1. The molecule has 2 rings (SSSR count). The van der Waals surface area contributed by atoms with Crippen LogP contribution in [0.5, 0.6) is 0 Å². The van der Waals surface area contributed by atoms with Crippen LogP contribution >= 0.6 is 27.3 Å². The van der Waals surface area contributed by atoms with Gasteiger partial charge in [-0.1, -0.05) is 12.1 Å². The molecule has 1 aromatic heterocycles. The second kappa shape index (κ2) is 8.63. The molecule has 0 bridgehead atoms. The van der Waals surface area contributed by atoms with Gasteiger partial charge in [0.25, 0.3) is 0 Å². The summed E-state index contributed by atoms with van der Waals surface area (Å²) in [5.41, 5.74) is 1.15. The average molecular weight is 390 g/mol. The second-order valence-electron chi connectivity index (χ2n) is 4.90. The van der Waals surface area contributed by atoms with E-state index in [4.69, 9.17) is 5.26 Å². The molecule has 0 aliphatic rings. The molecule has 0 aliphatic carbocycles. The molecule has 1 amide bonds. The van der Waals surface area contributed by atoms with Crippen LogP contribution in [-0.4, -0.2) is 23.9 Å². The largest absolute Gasteiger partial charge is 0.325 e. The number of hydrogen-bond donors (Lipinski definition) is 1. The summed E-state index contributed by atoms with van der Waals surface area (Å²) in [5, 5.41) is 11.7. The van der Waals surface area contributed by atoms with Gasteiger partial charge in [0.05, 0.1) is 22.0 Å². The lowest BCUT2D eigenvalue weighted by atomic mass is 10.2. The van der Waals surface area contributed by atoms with Crippen molar-refractivity contribution in [2.24, 2.45) is 0 Å². The number of carbonyl (C=O) groups is 1. The lowest BCUT2D eigenvalue weighted by molar-refractivity contribution is -0.117. The van der Waals surface area contributed by atoms with E-state index in [-0.39, 0.29) is 12.5 Å². The van der Waals surface area contributed by atoms with E-state index in [1.54, 1.807) is 41.7 Å². The maximum Gasteiger partial charge on any atom is 0.238 e. The van der Waals surface area contributed by atoms with Crippen LogP contribution in [0, 0.1) is 11.3 Å². The van der Waals surface area contributed by atoms with Crippen molar-refractivity contribution in [3.05, 3.63) is 63.3 Å². The highest BCUT2D eigenvalue weighted by molar-refractivity contribution is 9.11. The molecule has 0 unspecified atom stereocenters. The predicted octanol–water partition coefficient (Wildman–Crippen LogP) is 4.01. The number of nitriles is 1. The Labute approximate surface area is 148 Å². The summed E-state index contributed by atoms with van der Waals surface area (Å²) < 4.78 is 1.07. The molecule has 0 aliphatic heterocycles. The fourth-order valence-corrected chi connectivity index (χ4v) is 3.62. The van der Waals surface area contributed by atoms with Gasteiger partial charge in [-0.2, -0.15) is 5.26 Å². The first-order valence-corrected chi connectivity index (χ1v) is 8.59. The molecule has 0 atom stereocenters. The highest BCUT2D eigenvalue weighted by atomic mass is 79.9. The van der Waals surface area contributed by atoms with E-state index in [1.165, 1.54) is 4.88 Å². The smallest absolute Gasteiger partial charge is 0.238 e. The summed E-state index contributed by atoms with van der Waals surface area (Å²) in [6.07, 6.45) is 1.78. The standard InChI is InChI=1S/C17H16BrN3OS/c1-2-8-21(11-15-6-7-16(18)23-15)12-17(22)20-14-5-3-4-13(9-14)10-19/h2-7,9H,1,8,11-12H2,(H,20,22). The topological polar surface area (TPSA) is 56.1 Å². The molecule has 1 N–H and O–H groups in total. The van der Waals surface area contributed by atoms with Crippen LogP contribution in [0.15, 0.2) is 52.8 Å². The zero-order valence-corrected chi connectivity index (χ0v) is 14.9. The number of halogens is 1. The monoisotopic (exact) mass is 389 g/mol. The number of nitrogens with zero attached hydrogens (tertiary/aromatic N) is 2. The first-order chi connectivity index (χ1) is 11.1. The summed E-state index contributed by atoms with van der Waals surface area (Å²) >= 11 is 5.09. The van der Waals surface area contributed by atoms with Gasteiger partial charge >= 0.3 is 0 Å². The maximum atomic E-state index is 12.2. The van der Waals surface area contributed by atoms with E-state index in [2.05, 4.69) is 33.9 Å². The highest BCUT2D eigenvalue weighted by Crippen LogP contribution is 2.23. The zero-order valence-electron chi connectivity index (χ0n) is 12.5. The zero-order chi connectivity index (χ0) is 16.7. The average Bonchev–Trinajstić information content (AvgIpc) is 2.92. The number of thiophene rings is 1. The molecule has 1 heterocycles. The molecule has 1 aromatic carbocycles. The van der Waals surface area contributed by atoms with Crippen molar-refractivity contribution in [1.82, 2.24) is 4.90 Å². The summed E-state index contributed by atoms with van der Waals surface area (Å²) in [6.45, 7) is 5.32. The molecule has 4 nitrogen and oxygen atoms in total. The van der Waals surface area contributed by atoms with Crippen molar-refractivity contribution in [2.45, 2.75) is 6.54 Å². The third-order valence-electron chi connectivity index (χ3n) is 3.04. The fraction of sp³-hybridized carbons (Fsp3) is 0.176. The van der Waals surface area contributed by atoms with Crippen LogP contribution in [0.1, 0.15) is 10.4 Å². The molecule has 2 aromatic rings. The van der Waals surface area contributed by atoms with Crippen LogP contribution in [0.3, 0.4) is 0 Å². The van der Waals surface area contributed by atoms with Crippen molar-refractivity contribution < 1.29 is 4.79 Å². The van der Waals surface area contributed by atoms with Crippen molar-refractivity contribution in [3.8, 4) is 6.07 Å². The van der Waals surface area contributed by atoms with Gasteiger partial charge < -0.3 is 5.32 Å². The molecular formula is C17H16BrN3OS. The number of carbonyl (C=O) groups excluding carboxylic acids is 1. The Morgan fingerprint density at radius 1 is 1.43 bits per heavy atom. The number of nitrogens with one attached hydrogen (secondary N) is 1. The number of amides is 1. The minimum absolute atomic E-state index is 0.113. The van der Waals surface area contributed by atoms with Crippen LogP contribution in [0.4, 0.5) is 5.69 Å². The van der Waals surface area contributed by atoms with Crippen molar-refractivity contribution in [1.29, 1.82) is 5.26 Å². The van der Waals surface area contributed by atoms with Crippen molar-refractivity contribution in [2.75, 3.05) is 18.4 Å². The molecule has 6 heteroatoms. The molecule has 118 valence electrons. The summed E-state index contributed by atoms with van der Waals surface area (Å²) in [5.74, 6) is -0.113. The molecule has 0 fully saturated rings. The van der Waals surface area contributed by atoms with E-state index in [9.17, 15) is 4.79 Å². The van der Waals surface area contributed by atoms with E-state index in [1.807, 2.05) is 17.0 Å². The minimum Gasteiger partial charge on any atom is -0.325 e. The van der Waals surface area contributed by atoms with Crippen molar-refractivity contribution in [3.63, 3.8) is 0 Å². The van der Waals surface area contributed by atoms with Crippen LogP contribution in [0.2, 0.25) is 0 Å². The normalized spacial score (nSPS) is 10.3. The van der Waals surface area contributed by atoms with Crippen LogP contribution < -0.4 is 5.32 Å². The van der Waals surface area contributed by atoms with Crippen LogP contribution in [-0.2, 0) is 11.3 Å². The Balaban J connectivity index is 1.97. The number of hydrogen-bond acceptors (Lipinski definition) is 4. The Kier molecular flexibility index (Phi) is 6.53. The van der Waals surface area contributed by atoms with Gasteiger partial charge in [-0.15, -0.1) is 17.9 Å². The lowest BCUT2D eigenvalue weighted by Crippen LogP contribution is -2.32. The molecule has 23 heavy (non-hydrogen) atoms. The highest BCUT2D eigenvalue weighted by Gasteiger charge is 2.12. The fourth-order valence-electron chi connectivity index (χ4n) is 2.09. The van der Waals surface area contributed by atoms with Gasteiger partial charge in [0.15, 0.2) is 0 Å². The Morgan fingerprint density at radius 2 is 2.26 bits per heavy atom. The predicted molar refractivity (Wildman–Crippen MR) is 97.3 cm³/mol. The number of anilines is 1. The Hall–Kier alpha value is -1.94. The summed E-state index contributed by atoms with van der Waals surface area (Å²) in [6, 6.07) is 13.0. The van der Waals surface area contributed by atoms with Gasteiger partial charge in [-0.05, 0) is 46.3 Å². The third-order valence-corrected chi connectivity index (χ3v) is 4.65. The first kappa shape index (κ1) is 17.4. The van der Waals surface area contributed by atoms with E-state index in [0.29, 0.717) is 24.3 Å². The van der Waals surface area contributed by atoms with Gasteiger partial charge in [0.2, 0.25) is 5.91 Å². The van der Waals surface area contributed by atoms with E-state index < -0.39 is 0 Å². The van der Waals surface area contributed by atoms with E-state index >= 15 is 0 Å². The Bertz CT molecular complexity index is 735. The van der Waals surface area contributed by atoms with Gasteiger partial charge in [0, 0.05) is 23.7 Å². The van der Waals surface area contributed by atoms with Gasteiger partial charge in [0.1, 0.15) is 0 Å². The molecule has 0 saturated heterocycles. The maximum absolute atomic E-state index is 12.2. The summed E-state index contributed by atoms with van der Waals surface area (Å²) in [7, 11) is 0.